The molecule has 1 fully saturated rings. The third-order valence-electron chi connectivity index (χ3n) is 4.72. The summed E-state index contributed by atoms with van der Waals surface area (Å²) in [5.41, 5.74) is 1.77. The average Bonchev–Trinajstić information content (AvgIpc) is 3.04. The van der Waals surface area contributed by atoms with E-state index in [0.717, 1.165) is 30.4 Å². The molecule has 0 radical (unpaired) electrons. The molecule has 134 valence electrons. The van der Waals surface area contributed by atoms with E-state index in [2.05, 4.69) is 10.3 Å². The van der Waals surface area contributed by atoms with Crippen molar-refractivity contribution in [3.8, 4) is 11.5 Å². The summed E-state index contributed by atoms with van der Waals surface area (Å²) in [4.78, 5) is 4.59. The predicted octanol–water partition coefficient (Wildman–Crippen LogP) is 4.45. The number of nitrogens with one attached hydrogen (secondary N) is 1. The van der Waals surface area contributed by atoms with Crippen LogP contribution in [-0.2, 0) is 9.84 Å². The minimum atomic E-state index is -3.77. The Bertz CT molecular complexity index is 1020. The number of aryl methyl sites for hydroxylation is 1. The monoisotopic (exact) mass is 368 g/mol. The van der Waals surface area contributed by atoms with Crippen molar-refractivity contribution in [2.24, 2.45) is 0 Å². The van der Waals surface area contributed by atoms with Crippen molar-refractivity contribution < 1.29 is 12.8 Å². The van der Waals surface area contributed by atoms with Crippen molar-refractivity contribution in [1.82, 2.24) is 4.98 Å². The van der Waals surface area contributed by atoms with Gasteiger partial charge in [-0.1, -0.05) is 36.4 Å². The van der Waals surface area contributed by atoms with Gasteiger partial charge in [-0.05, 0) is 49.9 Å². The van der Waals surface area contributed by atoms with Gasteiger partial charge in [-0.2, -0.15) is 4.98 Å². The first-order chi connectivity index (χ1) is 12.6. The van der Waals surface area contributed by atoms with E-state index in [9.17, 15) is 8.42 Å². The minimum absolute atomic E-state index is 0.0474. The molecule has 0 atom stereocenters. The molecule has 3 aromatic rings. The Balaban J connectivity index is 1.83. The van der Waals surface area contributed by atoms with Crippen LogP contribution >= 0.6 is 0 Å². The van der Waals surface area contributed by atoms with Crippen LogP contribution in [0.25, 0.3) is 11.5 Å². The lowest BCUT2D eigenvalue weighted by Crippen LogP contribution is -2.27. The highest BCUT2D eigenvalue weighted by Gasteiger charge is 2.31. The van der Waals surface area contributed by atoms with Crippen LogP contribution in [-0.4, -0.2) is 19.4 Å². The molecule has 0 bridgehead atoms. The molecule has 0 saturated heterocycles. The normalized spacial score (nSPS) is 14.8. The summed E-state index contributed by atoms with van der Waals surface area (Å²) in [5, 5.41) is 3.18. The lowest BCUT2D eigenvalue weighted by Gasteiger charge is -2.26. The molecule has 1 heterocycles. The summed E-state index contributed by atoms with van der Waals surface area (Å²) in [7, 11) is -3.77. The second kappa shape index (κ2) is 6.61. The van der Waals surface area contributed by atoms with Gasteiger partial charge in [0.25, 0.3) is 0 Å². The van der Waals surface area contributed by atoms with Gasteiger partial charge in [-0.3, -0.25) is 0 Å². The fourth-order valence-corrected chi connectivity index (χ4v) is 4.24. The highest BCUT2D eigenvalue weighted by molar-refractivity contribution is 7.91. The fourth-order valence-electron chi connectivity index (χ4n) is 2.96. The molecule has 26 heavy (non-hydrogen) atoms. The van der Waals surface area contributed by atoms with Gasteiger partial charge in [0.1, 0.15) is 0 Å². The number of hydrogen-bond donors (Lipinski definition) is 1. The molecule has 1 saturated carbocycles. The van der Waals surface area contributed by atoms with E-state index in [1.54, 1.807) is 30.3 Å². The molecule has 5 nitrogen and oxygen atoms in total. The molecule has 1 aliphatic carbocycles. The molecule has 6 heteroatoms. The summed E-state index contributed by atoms with van der Waals surface area (Å²) in [6.07, 6.45) is 3.15. The number of nitrogens with zero attached hydrogens (tertiary/aromatic N) is 1. The van der Waals surface area contributed by atoms with Crippen molar-refractivity contribution in [3.05, 3.63) is 60.2 Å². The summed E-state index contributed by atoms with van der Waals surface area (Å²) in [6.45, 7) is 1.95. The first-order valence-electron chi connectivity index (χ1n) is 8.69. The second-order valence-corrected chi connectivity index (χ2v) is 8.42. The number of oxazole rings is 1. The second-order valence-electron chi connectivity index (χ2n) is 6.56. The van der Waals surface area contributed by atoms with Crippen LogP contribution in [0.4, 0.5) is 5.88 Å². The Morgan fingerprint density at radius 2 is 1.73 bits per heavy atom. The fraction of sp³-hybridized carbons (Fsp3) is 0.250. The minimum Gasteiger partial charge on any atom is -0.419 e. The molecule has 1 N–H and O–H groups in total. The largest absolute Gasteiger partial charge is 0.419 e. The molecule has 0 amide bonds. The van der Waals surface area contributed by atoms with E-state index >= 15 is 0 Å². The third-order valence-corrected chi connectivity index (χ3v) is 6.40. The lowest BCUT2D eigenvalue weighted by atomic mass is 9.93. The average molecular weight is 368 g/mol. The van der Waals surface area contributed by atoms with E-state index in [-0.39, 0.29) is 21.8 Å². The van der Waals surface area contributed by atoms with Crippen LogP contribution in [0.1, 0.15) is 24.8 Å². The van der Waals surface area contributed by atoms with Crippen molar-refractivity contribution in [2.75, 3.05) is 5.32 Å². The van der Waals surface area contributed by atoms with Gasteiger partial charge in [0, 0.05) is 11.6 Å². The van der Waals surface area contributed by atoms with Crippen LogP contribution in [0.5, 0.6) is 0 Å². The molecule has 0 spiro atoms. The van der Waals surface area contributed by atoms with E-state index in [0.29, 0.717) is 5.89 Å². The Kier molecular flexibility index (Phi) is 4.28. The first kappa shape index (κ1) is 16.8. The van der Waals surface area contributed by atoms with Gasteiger partial charge in [0.15, 0.2) is 0 Å². The zero-order valence-corrected chi connectivity index (χ0v) is 15.3. The molecular formula is C20H20N2O3S. The number of benzene rings is 2. The zero-order valence-electron chi connectivity index (χ0n) is 14.5. The Hall–Kier alpha value is -2.60. The van der Waals surface area contributed by atoms with Crippen LogP contribution in [0.3, 0.4) is 0 Å². The topological polar surface area (TPSA) is 72.2 Å². The predicted molar refractivity (Wildman–Crippen MR) is 99.8 cm³/mol. The van der Waals surface area contributed by atoms with E-state index in [1.165, 1.54) is 0 Å². The van der Waals surface area contributed by atoms with E-state index < -0.39 is 9.84 Å². The first-order valence-corrected chi connectivity index (χ1v) is 10.2. The molecular weight excluding hydrogens is 348 g/mol. The number of rotatable bonds is 5. The van der Waals surface area contributed by atoms with E-state index in [1.807, 2.05) is 31.2 Å². The Morgan fingerprint density at radius 3 is 2.38 bits per heavy atom. The number of sulfone groups is 1. The highest BCUT2D eigenvalue weighted by Crippen LogP contribution is 2.35. The molecule has 1 aromatic heterocycles. The van der Waals surface area contributed by atoms with Crippen molar-refractivity contribution in [1.29, 1.82) is 0 Å². The lowest BCUT2D eigenvalue weighted by molar-refractivity contribution is 0.431. The van der Waals surface area contributed by atoms with Crippen LogP contribution in [0, 0.1) is 6.92 Å². The summed E-state index contributed by atoms with van der Waals surface area (Å²) >= 11 is 0. The maximum absolute atomic E-state index is 13.1. The summed E-state index contributed by atoms with van der Waals surface area (Å²) < 4.78 is 32.1. The van der Waals surface area contributed by atoms with Gasteiger partial charge < -0.3 is 9.73 Å². The van der Waals surface area contributed by atoms with Gasteiger partial charge in [-0.15, -0.1) is 0 Å². The van der Waals surface area contributed by atoms with Gasteiger partial charge in [0.05, 0.1) is 4.90 Å². The molecule has 0 unspecified atom stereocenters. The Morgan fingerprint density at radius 1 is 1.04 bits per heavy atom. The van der Waals surface area contributed by atoms with Crippen LogP contribution in [0.2, 0.25) is 0 Å². The molecule has 1 aliphatic rings. The molecule has 4 rings (SSSR count). The summed E-state index contributed by atoms with van der Waals surface area (Å²) in [6, 6.07) is 16.2. The van der Waals surface area contributed by atoms with Crippen molar-refractivity contribution in [3.63, 3.8) is 0 Å². The molecule has 2 aromatic carbocycles. The van der Waals surface area contributed by atoms with Gasteiger partial charge in [0.2, 0.25) is 26.6 Å². The van der Waals surface area contributed by atoms with Gasteiger partial charge >= 0.3 is 0 Å². The third kappa shape index (κ3) is 3.01. The maximum atomic E-state index is 13.1. The Labute approximate surface area is 153 Å². The zero-order chi connectivity index (χ0) is 18.1. The van der Waals surface area contributed by atoms with Crippen molar-refractivity contribution in [2.45, 2.75) is 42.1 Å². The van der Waals surface area contributed by atoms with Crippen molar-refractivity contribution >= 4 is 15.7 Å². The maximum Gasteiger partial charge on any atom is 0.234 e. The number of aromatic nitrogens is 1. The van der Waals surface area contributed by atoms with Crippen LogP contribution < -0.4 is 5.32 Å². The summed E-state index contributed by atoms with van der Waals surface area (Å²) in [5.74, 6) is 0.552. The standard InChI is InChI=1S/C20H20N2O3S/c1-14-8-5-6-13-17(14)18-22-20(19(25-18)21-15-9-7-10-15)26(23,24)16-11-3-2-4-12-16/h2-6,8,11-13,15,21H,7,9-10H2,1H3. The molecule has 0 aliphatic heterocycles. The number of hydrogen-bond acceptors (Lipinski definition) is 5. The van der Waals surface area contributed by atoms with E-state index in [4.69, 9.17) is 4.42 Å². The van der Waals surface area contributed by atoms with Gasteiger partial charge in [-0.25, -0.2) is 8.42 Å². The highest BCUT2D eigenvalue weighted by atomic mass is 32.2. The van der Waals surface area contributed by atoms with Crippen LogP contribution in [0.15, 0.2) is 68.9 Å². The SMILES string of the molecule is Cc1ccccc1-c1nc(S(=O)(=O)c2ccccc2)c(NC2CCC2)o1. The number of anilines is 1. The smallest absolute Gasteiger partial charge is 0.234 e. The quantitative estimate of drug-likeness (QED) is 0.720.